The average Bonchev–Trinajstić information content (AvgIpc) is 3.24. The number of carboxylic acids is 1. The van der Waals surface area contributed by atoms with E-state index in [2.05, 4.69) is 5.32 Å². The molecule has 0 saturated heterocycles. The number of halogens is 3. The highest BCUT2D eigenvalue weighted by Crippen LogP contribution is 2.35. The molecule has 1 heterocycles. The Labute approximate surface area is 217 Å². The molecule has 3 aromatic carbocycles. The third-order valence-electron chi connectivity index (χ3n) is 7.38. The van der Waals surface area contributed by atoms with E-state index in [4.69, 9.17) is 0 Å². The largest absolute Gasteiger partial charge is 0.481 e. The van der Waals surface area contributed by atoms with Gasteiger partial charge in [0.2, 0.25) is 0 Å². The number of hydrogen-bond donors (Lipinski definition) is 2. The molecular weight excluding hydrogens is 497 g/mol. The van der Waals surface area contributed by atoms with Crippen molar-refractivity contribution in [1.29, 1.82) is 0 Å². The van der Waals surface area contributed by atoms with Gasteiger partial charge >= 0.3 is 12.1 Å². The van der Waals surface area contributed by atoms with Crippen LogP contribution in [0.4, 0.5) is 18.9 Å². The molecule has 3 aromatic rings. The van der Waals surface area contributed by atoms with E-state index in [1.54, 1.807) is 24.3 Å². The fourth-order valence-electron chi connectivity index (χ4n) is 5.19. The van der Waals surface area contributed by atoms with Crippen LogP contribution >= 0.6 is 0 Å². The lowest BCUT2D eigenvalue weighted by molar-refractivity contribution is -0.143. The first-order valence-corrected chi connectivity index (χ1v) is 12.4. The van der Waals surface area contributed by atoms with Crippen LogP contribution in [0, 0.1) is 5.92 Å². The number of rotatable bonds is 5. The highest BCUT2D eigenvalue weighted by atomic mass is 19.4. The lowest BCUT2D eigenvalue weighted by Gasteiger charge is -2.33. The van der Waals surface area contributed by atoms with Crippen molar-refractivity contribution in [2.45, 2.75) is 44.4 Å². The summed E-state index contributed by atoms with van der Waals surface area (Å²) in [6, 6.07) is 16.8. The quantitative estimate of drug-likeness (QED) is 0.416. The van der Waals surface area contributed by atoms with E-state index in [9.17, 15) is 32.7 Å². The molecular formula is C29H25F3N2O4. The number of carbonyl (C=O) groups is 3. The molecule has 5 rings (SSSR count). The summed E-state index contributed by atoms with van der Waals surface area (Å²) in [6.45, 7) is 0.520. The van der Waals surface area contributed by atoms with Gasteiger partial charge in [-0.2, -0.15) is 13.2 Å². The smallest absolute Gasteiger partial charge is 0.416 e. The van der Waals surface area contributed by atoms with Gasteiger partial charge in [0.1, 0.15) is 0 Å². The minimum absolute atomic E-state index is 0.0407. The first-order chi connectivity index (χ1) is 18.1. The summed E-state index contributed by atoms with van der Waals surface area (Å²) in [6.07, 6.45) is -1.94. The Morgan fingerprint density at radius 3 is 2.11 bits per heavy atom. The van der Waals surface area contributed by atoms with Crippen LogP contribution in [0.5, 0.6) is 0 Å². The Hall–Kier alpha value is -4.14. The van der Waals surface area contributed by atoms with Gasteiger partial charge in [0, 0.05) is 29.4 Å². The first kappa shape index (κ1) is 25.5. The minimum Gasteiger partial charge on any atom is -0.481 e. The molecule has 1 saturated carbocycles. The number of anilines is 1. The second-order valence-corrected chi connectivity index (χ2v) is 9.76. The van der Waals surface area contributed by atoms with Crippen molar-refractivity contribution in [1.82, 2.24) is 4.90 Å². The molecule has 196 valence electrons. The van der Waals surface area contributed by atoms with Crippen molar-refractivity contribution in [3.8, 4) is 11.1 Å². The van der Waals surface area contributed by atoms with Gasteiger partial charge in [-0.3, -0.25) is 14.4 Å². The number of carbonyl (C=O) groups excluding carboxylic acids is 2. The van der Waals surface area contributed by atoms with Crippen LogP contribution in [-0.2, 0) is 17.5 Å². The lowest BCUT2D eigenvalue weighted by atomic mass is 9.85. The molecule has 2 aliphatic rings. The summed E-state index contributed by atoms with van der Waals surface area (Å²) >= 11 is 0. The number of fused-ring (bicyclic) bond motifs is 1. The van der Waals surface area contributed by atoms with Crippen molar-refractivity contribution in [3.05, 3.63) is 89.0 Å². The molecule has 2 amide bonds. The molecule has 0 spiro atoms. The van der Waals surface area contributed by atoms with Crippen molar-refractivity contribution in [2.24, 2.45) is 5.92 Å². The summed E-state index contributed by atoms with van der Waals surface area (Å²) in [5.74, 6) is -1.66. The summed E-state index contributed by atoms with van der Waals surface area (Å²) in [7, 11) is 0. The van der Waals surface area contributed by atoms with Gasteiger partial charge in [0.15, 0.2) is 0 Å². The minimum atomic E-state index is -4.47. The second kappa shape index (κ2) is 9.96. The molecule has 9 heteroatoms. The van der Waals surface area contributed by atoms with Crippen LogP contribution in [0.1, 0.15) is 57.5 Å². The molecule has 0 atom stereocenters. The van der Waals surface area contributed by atoms with Crippen LogP contribution in [-0.4, -0.2) is 33.8 Å². The van der Waals surface area contributed by atoms with Crippen molar-refractivity contribution in [2.75, 3.05) is 5.32 Å². The molecule has 38 heavy (non-hydrogen) atoms. The SMILES string of the molecule is O=C(Nc1ccc(-c2ccc3c(c2)C(=O)N(C2CCC(C(=O)O)CC2)C3)cc1)c1ccc(C(F)(F)F)cc1. The van der Waals surface area contributed by atoms with Gasteiger partial charge in [-0.25, -0.2) is 0 Å². The van der Waals surface area contributed by atoms with Gasteiger partial charge < -0.3 is 15.3 Å². The highest BCUT2D eigenvalue weighted by Gasteiger charge is 2.36. The van der Waals surface area contributed by atoms with Crippen molar-refractivity contribution in [3.63, 3.8) is 0 Å². The Morgan fingerprint density at radius 1 is 0.868 bits per heavy atom. The average molecular weight is 523 g/mol. The topological polar surface area (TPSA) is 86.7 Å². The number of carboxylic acid groups (broad SMARTS) is 1. The van der Waals surface area contributed by atoms with Gasteiger partial charge in [-0.05, 0) is 84.8 Å². The summed E-state index contributed by atoms with van der Waals surface area (Å²) in [5, 5.41) is 11.9. The summed E-state index contributed by atoms with van der Waals surface area (Å²) in [4.78, 5) is 38.7. The summed E-state index contributed by atoms with van der Waals surface area (Å²) < 4.78 is 38.2. The molecule has 1 aliphatic heterocycles. The third kappa shape index (κ3) is 5.14. The van der Waals surface area contributed by atoms with Gasteiger partial charge in [0.25, 0.3) is 11.8 Å². The zero-order valence-corrected chi connectivity index (χ0v) is 20.3. The predicted molar refractivity (Wildman–Crippen MR) is 135 cm³/mol. The fourth-order valence-corrected chi connectivity index (χ4v) is 5.19. The Balaban J connectivity index is 1.24. The van der Waals surface area contributed by atoms with Crippen LogP contribution in [0.2, 0.25) is 0 Å². The zero-order chi connectivity index (χ0) is 27.0. The number of nitrogens with zero attached hydrogens (tertiary/aromatic N) is 1. The van der Waals surface area contributed by atoms with E-state index in [1.807, 2.05) is 23.1 Å². The number of hydrogen-bond acceptors (Lipinski definition) is 3. The zero-order valence-electron chi connectivity index (χ0n) is 20.3. The molecule has 2 N–H and O–H groups in total. The van der Waals surface area contributed by atoms with E-state index >= 15 is 0 Å². The Bertz CT molecular complexity index is 1380. The molecule has 0 bridgehead atoms. The van der Waals surface area contributed by atoms with E-state index in [0.717, 1.165) is 41.0 Å². The number of alkyl halides is 3. The monoisotopic (exact) mass is 522 g/mol. The number of nitrogens with one attached hydrogen (secondary N) is 1. The Morgan fingerprint density at radius 2 is 1.50 bits per heavy atom. The van der Waals surface area contributed by atoms with Gasteiger partial charge in [-0.1, -0.05) is 24.3 Å². The van der Waals surface area contributed by atoms with Gasteiger partial charge in [-0.15, -0.1) is 0 Å². The van der Waals surface area contributed by atoms with Crippen LogP contribution in [0.3, 0.4) is 0 Å². The maximum Gasteiger partial charge on any atom is 0.416 e. The molecule has 1 fully saturated rings. The standard InChI is InChI=1S/C29H25F3N2O4/c30-29(31,32)22-9-3-18(4-10-22)26(35)33-23-11-5-17(6-12-23)20-1-2-21-16-34(27(36)25(21)15-20)24-13-7-19(8-14-24)28(37)38/h1-6,9-12,15,19,24H,7-8,13-14,16H2,(H,33,35)(H,37,38). The van der Waals surface area contributed by atoms with E-state index in [1.165, 1.54) is 0 Å². The molecule has 0 unspecified atom stereocenters. The van der Waals surface area contributed by atoms with E-state index < -0.39 is 23.6 Å². The van der Waals surface area contributed by atoms with E-state index in [0.29, 0.717) is 43.5 Å². The fraction of sp³-hybridized carbons (Fsp3) is 0.276. The predicted octanol–water partition coefficient (Wildman–Crippen LogP) is 6.22. The van der Waals surface area contributed by atoms with Crippen LogP contribution in [0.25, 0.3) is 11.1 Å². The molecule has 6 nitrogen and oxygen atoms in total. The molecule has 1 aliphatic carbocycles. The normalized spacial score (nSPS) is 19.2. The number of benzene rings is 3. The van der Waals surface area contributed by atoms with Crippen molar-refractivity contribution < 1.29 is 32.7 Å². The third-order valence-corrected chi connectivity index (χ3v) is 7.38. The molecule has 0 aromatic heterocycles. The number of amides is 2. The first-order valence-electron chi connectivity index (χ1n) is 12.4. The van der Waals surface area contributed by atoms with E-state index in [-0.39, 0.29) is 23.4 Å². The maximum atomic E-state index is 13.2. The van der Waals surface area contributed by atoms with Crippen LogP contribution in [0.15, 0.2) is 66.7 Å². The molecule has 0 radical (unpaired) electrons. The summed E-state index contributed by atoms with van der Waals surface area (Å²) in [5.41, 5.74) is 3.05. The van der Waals surface area contributed by atoms with Crippen LogP contribution < -0.4 is 5.32 Å². The van der Waals surface area contributed by atoms with Gasteiger partial charge in [0.05, 0.1) is 11.5 Å². The highest BCUT2D eigenvalue weighted by molar-refractivity contribution is 6.04. The Kier molecular flexibility index (Phi) is 6.69. The lowest BCUT2D eigenvalue weighted by Crippen LogP contribution is -2.39. The van der Waals surface area contributed by atoms with Crippen molar-refractivity contribution >= 4 is 23.5 Å². The maximum absolute atomic E-state index is 13.2. The second-order valence-electron chi connectivity index (χ2n) is 9.76. The number of aliphatic carboxylic acids is 1.